The van der Waals surface area contributed by atoms with E-state index in [4.69, 9.17) is 32.5 Å². The van der Waals surface area contributed by atoms with Crippen LogP contribution in [-0.4, -0.2) is 11.4 Å². The van der Waals surface area contributed by atoms with Crippen molar-refractivity contribution in [3.63, 3.8) is 0 Å². The largest absolute Gasteiger partial charge is 0.489 e. The molecule has 1 fully saturated rings. The van der Waals surface area contributed by atoms with Crippen molar-refractivity contribution in [1.82, 2.24) is 5.16 Å². The average molecular weight is 395 g/mol. The second-order valence-corrected chi connectivity index (χ2v) is 7.45. The Bertz CT molecular complexity index is 925. The van der Waals surface area contributed by atoms with Gasteiger partial charge in [0.25, 0.3) is 0 Å². The highest BCUT2D eigenvalue weighted by Gasteiger charge is 2.27. The Hall–Kier alpha value is -1.56. The van der Waals surface area contributed by atoms with Gasteiger partial charge in [-0.25, -0.2) is 0 Å². The number of nitrogens with one attached hydrogen (secondary N) is 1. The smallest absolute Gasteiger partial charge is 0.187 e. The van der Waals surface area contributed by atoms with Gasteiger partial charge >= 0.3 is 0 Å². The fourth-order valence-electron chi connectivity index (χ4n) is 2.84. The number of ether oxygens (including phenoxy) is 1. The van der Waals surface area contributed by atoms with Gasteiger partial charge in [0.05, 0.1) is 15.4 Å². The molecular formula is C18H16Cl2N2O2S. The summed E-state index contributed by atoms with van der Waals surface area (Å²) in [6, 6.07) is 9.49. The topological polar surface area (TPSA) is 47.3 Å². The first-order chi connectivity index (χ1) is 12.2. The Balaban J connectivity index is 1.63. The van der Waals surface area contributed by atoms with Gasteiger partial charge in [0, 0.05) is 12.3 Å². The Labute approximate surface area is 159 Å². The van der Waals surface area contributed by atoms with Gasteiger partial charge in [0.2, 0.25) is 0 Å². The van der Waals surface area contributed by atoms with Gasteiger partial charge in [-0.1, -0.05) is 40.3 Å². The number of aromatic nitrogens is 1. The van der Waals surface area contributed by atoms with Gasteiger partial charge in [-0.15, -0.1) is 0 Å². The molecule has 7 heteroatoms. The van der Waals surface area contributed by atoms with E-state index in [0.29, 0.717) is 28.3 Å². The van der Waals surface area contributed by atoms with Crippen molar-refractivity contribution in [3.8, 4) is 5.75 Å². The van der Waals surface area contributed by atoms with Gasteiger partial charge < -0.3 is 14.0 Å². The molecule has 1 saturated carbocycles. The molecule has 0 atom stereocenters. The zero-order valence-corrected chi connectivity index (χ0v) is 15.8. The van der Waals surface area contributed by atoms with Crippen LogP contribution in [0.4, 0.5) is 5.82 Å². The maximum atomic E-state index is 6.05. The Morgan fingerprint density at radius 3 is 2.80 bits per heavy atom. The second kappa shape index (κ2) is 6.98. The summed E-state index contributed by atoms with van der Waals surface area (Å²) in [5.41, 5.74) is 3.18. The van der Waals surface area contributed by atoms with E-state index in [2.05, 4.69) is 15.9 Å². The lowest BCUT2D eigenvalue weighted by Crippen LogP contribution is -2.00. The minimum Gasteiger partial charge on any atom is -0.489 e. The lowest BCUT2D eigenvalue weighted by molar-refractivity contribution is 0.305. The van der Waals surface area contributed by atoms with E-state index in [9.17, 15) is 0 Å². The third-order valence-electron chi connectivity index (χ3n) is 4.23. The van der Waals surface area contributed by atoms with Crippen LogP contribution >= 0.6 is 35.1 Å². The maximum absolute atomic E-state index is 6.05. The molecule has 3 aromatic rings. The Morgan fingerprint density at radius 1 is 1.24 bits per heavy atom. The van der Waals surface area contributed by atoms with Crippen molar-refractivity contribution < 1.29 is 9.26 Å². The molecule has 1 aliphatic rings. The van der Waals surface area contributed by atoms with Crippen molar-refractivity contribution in [1.29, 1.82) is 0 Å². The van der Waals surface area contributed by atoms with Crippen LogP contribution in [0.1, 0.15) is 29.9 Å². The summed E-state index contributed by atoms with van der Waals surface area (Å²) in [6.45, 7) is 0.450. The summed E-state index contributed by atoms with van der Waals surface area (Å²) in [6.07, 6.45) is 4.38. The predicted octanol–water partition coefficient (Wildman–Crippen LogP) is 6.28. The summed E-state index contributed by atoms with van der Waals surface area (Å²) in [5.74, 6) is 2.05. The summed E-state index contributed by atoms with van der Waals surface area (Å²) < 4.78 is 14.5. The van der Waals surface area contributed by atoms with Crippen molar-refractivity contribution in [2.75, 3.05) is 11.0 Å². The number of hydrogen-bond donors (Lipinski definition) is 1. The number of benzene rings is 2. The Kier molecular flexibility index (Phi) is 4.71. The summed E-state index contributed by atoms with van der Waals surface area (Å²) in [5, 5.41) is 6.12. The van der Waals surface area contributed by atoms with Crippen LogP contribution in [0.3, 0.4) is 0 Å². The summed E-state index contributed by atoms with van der Waals surface area (Å²) >= 11 is 13.5. The first kappa shape index (κ1) is 16.9. The van der Waals surface area contributed by atoms with Crippen LogP contribution in [0.15, 0.2) is 34.9 Å². The van der Waals surface area contributed by atoms with Crippen LogP contribution in [0, 0.1) is 0 Å². The normalized spacial score (nSPS) is 14.0. The number of anilines is 1. The first-order valence-electron chi connectivity index (χ1n) is 7.94. The molecule has 1 aliphatic carbocycles. The molecule has 4 rings (SSSR count). The van der Waals surface area contributed by atoms with Gasteiger partial charge in [-0.2, -0.15) is 0 Å². The third kappa shape index (κ3) is 3.54. The Morgan fingerprint density at radius 2 is 2.08 bits per heavy atom. The van der Waals surface area contributed by atoms with Crippen LogP contribution in [0.2, 0.25) is 10.0 Å². The zero-order valence-electron chi connectivity index (χ0n) is 13.5. The van der Waals surface area contributed by atoms with Gasteiger partial charge in [-0.05, 0) is 54.2 Å². The molecule has 25 heavy (non-hydrogen) atoms. The first-order valence-corrected chi connectivity index (χ1v) is 9.93. The molecule has 1 aromatic heterocycles. The summed E-state index contributed by atoms with van der Waals surface area (Å²) in [4.78, 5) is 0. The lowest BCUT2D eigenvalue weighted by Gasteiger charge is -2.11. The zero-order chi connectivity index (χ0) is 17.4. The molecule has 1 N–H and O–H groups in total. The van der Waals surface area contributed by atoms with Crippen LogP contribution in [-0.2, 0) is 6.61 Å². The monoisotopic (exact) mass is 394 g/mol. The van der Waals surface area contributed by atoms with E-state index < -0.39 is 0 Å². The van der Waals surface area contributed by atoms with Gasteiger partial charge in [0.1, 0.15) is 12.4 Å². The molecule has 2 aromatic carbocycles. The molecule has 0 amide bonds. The van der Waals surface area contributed by atoms with Crippen LogP contribution < -0.4 is 9.46 Å². The van der Waals surface area contributed by atoms with Crippen molar-refractivity contribution in [2.45, 2.75) is 25.4 Å². The minimum atomic E-state index is 0.450. The standard InChI is InChI=1S/C18H16Cl2N2O2S/c1-25-22-18-14-8-13(10-2-3-10)11(6-17(14)24-21-18)9-23-12-4-5-15(19)16(20)7-12/h4-8,10H,2-3,9H2,1H3,(H,21,22). The number of nitrogens with zero attached hydrogens (tertiary/aromatic N) is 1. The van der Waals surface area contributed by atoms with Crippen LogP contribution in [0.25, 0.3) is 11.0 Å². The van der Waals surface area contributed by atoms with Crippen LogP contribution in [0.5, 0.6) is 5.75 Å². The molecule has 1 heterocycles. The van der Waals surface area contributed by atoms with Crippen molar-refractivity contribution in [2.24, 2.45) is 0 Å². The highest BCUT2D eigenvalue weighted by Crippen LogP contribution is 2.44. The van der Waals surface area contributed by atoms with Crippen molar-refractivity contribution in [3.05, 3.63) is 51.5 Å². The third-order valence-corrected chi connectivity index (χ3v) is 5.37. The molecule has 130 valence electrons. The molecular weight excluding hydrogens is 379 g/mol. The predicted molar refractivity (Wildman–Crippen MR) is 104 cm³/mol. The van der Waals surface area contributed by atoms with E-state index >= 15 is 0 Å². The fourth-order valence-corrected chi connectivity index (χ4v) is 3.47. The SMILES string of the molecule is CSNc1noc2cc(COc3ccc(Cl)c(Cl)c3)c(C3CC3)cc12. The van der Waals surface area contributed by atoms with E-state index in [1.54, 1.807) is 12.1 Å². The molecule has 4 nitrogen and oxygen atoms in total. The van der Waals surface area contributed by atoms with E-state index in [-0.39, 0.29) is 0 Å². The fraction of sp³-hybridized carbons (Fsp3) is 0.278. The van der Waals surface area contributed by atoms with E-state index in [1.807, 2.05) is 18.4 Å². The molecule has 0 bridgehead atoms. The van der Waals surface area contributed by atoms with E-state index in [0.717, 1.165) is 22.4 Å². The lowest BCUT2D eigenvalue weighted by atomic mass is 10.0. The van der Waals surface area contributed by atoms with Gasteiger partial charge in [-0.3, -0.25) is 0 Å². The highest BCUT2D eigenvalue weighted by molar-refractivity contribution is 7.99. The maximum Gasteiger partial charge on any atom is 0.187 e. The van der Waals surface area contributed by atoms with Crippen molar-refractivity contribution >= 4 is 51.9 Å². The molecule has 0 unspecified atom stereocenters. The molecule has 0 spiro atoms. The minimum absolute atomic E-state index is 0.450. The summed E-state index contributed by atoms with van der Waals surface area (Å²) in [7, 11) is 0. The second-order valence-electron chi connectivity index (χ2n) is 6.02. The molecule has 0 saturated heterocycles. The molecule has 0 aliphatic heterocycles. The number of halogens is 2. The average Bonchev–Trinajstić information content (AvgIpc) is 3.38. The number of rotatable bonds is 6. The quantitative estimate of drug-likeness (QED) is 0.498. The molecule has 0 radical (unpaired) electrons. The van der Waals surface area contributed by atoms with Gasteiger partial charge in [0.15, 0.2) is 11.4 Å². The number of fused-ring (bicyclic) bond motifs is 1. The number of hydrogen-bond acceptors (Lipinski definition) is 5. The van der Waals surface area contributed by atoms with E-state index in [1.165, 1.54) is 30.4 Å². The highest BCUT2D eigenvalue weighted by atomic mass is 35.5.